The standard InChI is InChI=1S/C20H18N2O4S/c1-27(24,25)16-11-9-15(10-12-16)14-26-18-7-3-2-6-17(18)20(23)22-19-8-4-5-13-21-19/h2-13H,14H2,1H3,(H,21,22,23). The van der Waals surface area contributed by atoms with E-state index in [1.807, 2.05) is 0 Å². The number of para-hydroxylation sites is 1. The van der Waals surface area contributed by atoms with E-state index in [-0.39, 0.29) is 17.4 Å². The summed E-state index contributed by atoms with van der Waals surface area (Å²) < 4.78 is 28.8. The first kappa shape index (κ1) is 18.6. The van der Waals surface area contributed by atoms with Crippen molar-refractivity contribution in [2.45, 2.75) is 11.5 Å². The smallest absolute Gasteiger partial charge is 0.260 e. The van der Waals surface area contributed by atoms with E-state index in [1.165, 1.54) is 12.1 Å². The van der Waals surface area contributed by atoms with Gasteiger partial charge in [-0.1, -0.05) is 30.3 Å². The SMILES string of the molecule is CS(=O)(=O)c1ccc(COc2ccccc2C(=O)Nc2ccccn2)cc1. The zero-order chi connectivity index (χ0) is 19.3. The maximum atomic E-state index is 12.5. The lowest BCUT2D eigenvalue weighted by atomic mass is 10.2. The highest BCUT2D eigenvalue weighted by atomic mass is 32.2. The van der Waals surface area contributed by atoms with Gasteiger partial charge in [-0.15, -0.1) is 0 Å². The van der Waals surface area contributed by atoms with Gasteiger partial charge < -0.3 is 10.1 Å². The number of hydrogen-bond acceptors (Lipinski definition) is 5. The lowest BCUT2D eigenvalue weighted by molar-refractivity contribution is 0.102. The number of nitrogens with zero attached hydrogens (tertiary/aromatic N) is 1. The first-order valence-electron chi connectivity index (χ1n) is 8.17. The van der Waals surface area contributed by atoms with Crippen LogP contribution >= 0.6 is 0 Å². The largest absolute Gasteiger partial charge is 0.488 e. The van der Waals surface area contributed by atoms with Gasteiger partial charge in [-0.05, 0) is 42.0 Å². The maximum Gasteiger partial charge on any atom is 0.260 e. The number of benzene rings is 2. The molecule has 1 aromatic heterocycles. The molecule has 0 fully saturated rings. The summed E-state index contributed by atoms with van der Waals surface area (Å²) in [7, 11) is -3.23. The average Bonchev–Trinajstić information content (AvgIpc) is 2.67. The molecule has 1 amide bonds. The van der Waals surface area contributed by atoms with Gasteiger partial charge in [0.15, 0.2) is 9.84 Å². The summed E-state index contributed by atoms with van der Waals surface area (Å²) in [5, 5.41) is 2.72. The minimum atomic E-state index is -3.23. The highest BCUT2D eigenvalue weighted by Gasteiger charge is 2.13. The molecule has 0 radical (unpaired) electrons. The van der Waals surface area contributed by atoms with Crippen molar-refractivity contribution in [2.24, 2.45) is 0 Å². The second kappa shape index (κ2) is 8.01. The topological polar surface area (TPSA) is 85.4 Å². The van der Waals surface area contributed by atoms with Crippen molar-refractivity contribution in [1.29, 1.82) is 0 Å². The number of hydrogen-bond donors (Lipinski definition) is 1. The Balaban J connectivity index is 1.72. The number of aromatic nitrogens is 1. The molecule has 7 heteroatoms. The third kappa shape index (κ3) is 4.92. The Kier molecular flexibility index (Phi) is 5.52. The fourth-order valence-electron chi connectivity index (χ4n) is 2.39. The minimum Gasteiger partial charge on any atom is -0.488 e. The fourth-order valence-corrected chi connectivity index (χ4v) is 3.02. The Labute approximate surface area is 157 Å². The van der Waals surface area contributed by atoms with Crippen molar-refractivity contribution in [3.05, 3.63) is 84.1 Å². The van der Waals surface area contributed by atoms with Crippen molar-refractivity contribution < 1.29 is 17.9 Å². The second-order valence-electron chi connectivity index (χ2n) is 5.87. The van der Waals surface area contributed by atoms with Gasteiger partial charge in [-0.2, -0.15) is 0 Å². The van der Waals surface area contributed by atoms with Crippen LogP contribution in [0.3, 0.4) is 0 Å². The molecule has 27 heavy (non-hydrogen) atoms. The molecule has 0 unspecified atom stereocenters. The van der Waals surface area contributed by atoms with Crippen LogP contribution in [0, 0.1) is 0 Å². The molecule has 1 N–H and O–H groups in total. The molecule has 3 aromatic rings. The summed E-state index contributed by atoms with van der Waals surface area (Å²) in [6.45, 7) is 0.206. The number of sulfone groups is 1. The molecular weight excluding hydrogens is 364 g/mol. The number of pyridine rings is 1. The van der Waals surface area contributed by atoms with E-state index in [0.717, 1.165) is 11.8 Å². The average molecular weight is 382 g/mol. The number of anilines is 1. The lowest BCUT2D eigenvalue weighted by Crippen LogP contribution is -2.14. The number of carbonyl (C=O) groups excluding carboxylic acids is 1. The molecule has 0 aliphatic heterocycles. The Morgan fingerprint density at radius 1 is 1.00 bits per heavy atom. The summed E-state index contributed by atoms with van der Waals surface area (Å²) in [4.78, 5) is 16.8. The van der Waals surface area contributed by atoms with E-state index in [9.17, 15) is 13.2 Å². The van der Waals surface area contributed by atoms with Crippen molar-refractivity contribution in [3.63, 3.8) is 0 Å². The molecule has 0 bridgehead atoms. The van der Waals surface area contributed by atoms with Crippen LogP contribution in [0.25, 0.3) is 0 Å². The molecule has 138 valence electrons. The number of ether oxygens (including phenoxy) is 1. The molecule has 3 rings (SSSR count). The van der Waals surface area contributed by atoms with E-state index in [2.05, 4.69) is 10.3 Å². The Morgan fingerprint density at radius 3 is 2.37 bits per heavy atom. The van der Waals surface area contributed by atoms with Crippen LogP contribution in [-0.2, 0) is 16.4 Å². The first-order chi connectivity index (χ1) is 12.9. The number of nitrogens with one attached hydrogen (secondary N) is 1. The maximum absolute atomic E-state index is 12.5. The van der Waals surface area contributed by atoms with Gasteiger partial charge >= 0.3 is 0 Å². The van der Waals surface area contributed by atoms with Gasteiger partial charge in [0, 0.05) is 12.5 Å². The Hall–Kier alpha value is -3.19. The van der Waals surface area contributed by atoms with Crippen molar-refractivity contribution in [1.82, 2.24) is 4.98 Å². The molecule has 1 heterocycles. The fraction of sp³-hybridized carbons (Fsp3) is 0.100. The molecule has 0 saturated heterocycles. The van der Waals surface area contributed by atoms with Crippen molar-refractivity contribution >= 4 is 21.6 Å². The summed E-state index contributed by atoms with van der Waals surface area (Å²) in [5.41, 5.74) is 1.18. The summed E-state index contributed by atoms with van der Waals surface area (Å²) in [6, 6.07) is 18.6. The van der Waals surface area contributed by atoms with Crippen LogP contribution in [0.2, 0.25) is 0 Å². The monoisotopic (exact) mass is 382 g/mol. The van der Waals surface area contributed by atoms with Crippen molar-refractivity contribution in [2.75, 3.05) is 11.6 Å². The predicted molar refractivity (Wildman–Crippen MR) is 103 cm³/mol. The van der Waals surface area contributed by atoms with E-state index >= 15 is 0 Å². The first-order valence-corrected chi connectivity index (χ1v) is 10.1. The molecule has 0 aliphatic carbocycles. The number of carbonyl (C=O) groups is 1. The van der Waals surface area contributed by atoms with Crippen LogP contribution < -0.4 is 10.1 Å². The van der Waals surface area contributed by atoms with Gasteiger partial charge in [0.05, 0.1) is 10.5 Å². The molecule has 0 atom stereocenters. The van der Waals surface area contributed by atoms with Gasteiger partial charge in [-0.3, -0.25) is 4.79 Å². The van der Waals surface area contributed by atoms with E-state index in [1.54, 1.807) is 60.8 Å². The molecule has 0 aliphatic rings. The normalized spacial score (nSPS) is 11.0. The van der Waals surface area contributed by atoms with E-state index < -0.39 is 9.84 Å². The van der Waals surface area contributed by atoms with Crippen LogP contribution in [0.5, 0.6) is 5.75 Å². The van der Waals surface area contributed by atoms with Crippen LogP contribution in [-0.4, -0.2) is 25.6 Å². The van der Waals surface area contributed by atoms with Gasteiger partial charge in [-0.25, -0.2) is 13.4 Å². The van der Waals surface area contributed by atoms with Crippen LogP contribution in [0.15, 0.2) is 77.8 Å². The highest BCUT2D eigenvalue weighted by molar-refractivity contribution is 7.90. The quantitative estimate of drug-likeness (QED) is 0.707. The zero-order valence-corrected chi connectivity index (χ0v) is 15.4. The molecule has 2 aromatic carbocycles. The zero-order valence-electron chi connectivity index (χ0n) is 14.6. The van der Waals surface area contributed by atoms with Gasteiger partial charge in [0.1, 0.15) is 18.2 Å². The van der Waals surface area contributed by atoms with Gasteiger partial charge in [0.2, 0.25) is 0 Å². The molecule has 0 saturated carbocycles. The lowest BCUT2D eigenvalue weighted by Gasteiger charge is -2.12. The molecule has 6 nitrogen and oxygen atoms in total. The third-order valence-electron chi connectivity index (χ3n) is 3.78. The van der Waals surface area contributed by atoms with E-state index in [4.69, 9.17) is 4.74 Å². The van der Waals surface area contributed by atoms with Crippen molar-refractivity contribution in [3.8, 4) is 5.75 Å². The minimum absolute atomic E-state index is 0.206. The van der Waals surface area contributed by atoms with Gasteiger partial charge in [0.25, 0.3) is 5.91 Å². The number of amides is 1. The number of rotatable bonds is 6. The van der Waals surface area contributed by atoms with Crippen LogP contribution in [0.1, 0.15) is 15.9 Å². The van der Waals surface area contributed by atoms with E-state index in [0.29, 0.717) is 17.1 Å². The highest BCUT2D eigenvalue weighted by Crippen LogP contribution is 2.21. The molecular formula is C20H18N2O4S. The Bertz CT molecular complexity index is 1030. The van der Waals surface area contributed by atoms with Crippen LogP contribution in [0.4, 0.5) is 5.82 Å². The summed E-state index contributed by atoms with van der Waals surface area (Å²) in [6.07, 6.45) is 2.76. The Morgan fingerprint density at radius 2 is 1.70 bits per heavy atom. The third-order valence-corrected chi connectivity index (χ3v) is 4.91. The summed E-state index contributed by atoms with van der Waals surface area (Å²) >= 11 is 0. The summed E-state index contributed by atoms with van der Waals surface area (Å²) in [5.74, 6) is 0.559. The predicted octanol–water partition coefficient (Wildman–Crippen LogP) is 3.32. The molecule has 0 spiro atoms. The second-order valence-corrected chi connectivity index (χ2v) is 7.89.